The molecule has 2 aromatic rings. The van der Waals surface area contributed by atoms with Crippen LogP contribution in [0.4, 0.5) is 10.1 Å². The number of rotatable bonds is 4. The number of hydrogen-bond donors (Lipinski definition) is 2. The first kappa shape index (κ1) is 16.8. The molecule has 0 bridgehead atoms. The van der Waals surface area contributed by atoms with Gasteiger partial charge in [0, 0.05) is 5.02 Å². The van der Waals surface area contributed by atoms with Gasteiger partial charge in [-0.1, -0.05) is 23.7 Å². The Morgan fingerprint density at radius 1 is 1.26 bits per heavy atom. The average molecular weight is 338 g/mol. The fourth-order valence-corrected chi connectivity index (χ4v) is 1.92. The Morgan fingerprint density at radius 3 is 2.65 bits per heavy atom. The van der Waals surface area contributed by atoms with Crippen molar-refractivity contribution in [3.8, 4) is 5.75 Å². The Balaban J connectivity index is 2.05. The number of phenolic OH excluding ortho intramolecular Hbond substituents is 1. The van der Waals surface area contributed by atoms with Crippen molar-refractivity contribution in [1.82, 2.24) is 0 Å². The minimum Gasteiger partial charge on any atom is -0.507 e. The van der Waals surface area contributed by atoms with Crippen molar-refractivity contribution in [2.75, 3.05) is 5.32 Å². The van der Waals surface area contributed by atoms with Crippen molar-refractivity contribution in [1.29, 1.82) is 0 Å². The third-order valence-electron chi connectivity index (χ3n) is 2.96. The summed E-state index contributed by atoms with van der Waals surface area (Å²) in [6.45, 7) is 1.33. The number of halogens is 2. The van der Waals surface area contributed by atoms with Crippen LogP contribution in [0.3, 0.4) is 0 Å². The lowest BCUT2D eigenvalue weighted by Gasteiger charge is -2.14. The Kier molecular flexibility index (Phi) is 5.18. The van der Waals surface area contributed by atoms with Crippen molar-refractivity contribution in [3.05, 3.63) is 58.9 Å². The van der Waals surface area contributed by atoms with Crippen molar-refractivity contribution < 1.29 is 23.8 Å². The number of carbonyl (C=O) groups excluding carboxylic acids is 2. The van der Waals surface area contributed by atoms with Crippen molar-refractivity contribution in [2.24, 2.45) is 0 Å². The zero-order valence-corrected chi connectivity index (χ0v) is 12.8. The molecule has 0 spiro atoms. The Morgan fingerprint density at radius 2 is 1.96 bits per heavy atom. The molecule has 1 amide bonds. The maximum absolute atomic E-state index is 13.5. The number of esters is 1. The number of nitrogens with one attached hydrogen (secondary N) is 1. The number of phenols is 1. The number of anilines is 1. The lowest BCUT2D eigenvalue weighted by Crippen LogP contribution is -2.30. The van der Waals surface area contributed by atoms with E-state index in [0.717, 1.165) is 0 Å². The van der Waals surface area contributed by atoms with Crippen LogP contribution in [-0.2, 0) is 9.53 Å². The molecule has 0 aromatic heterocycles. The van der Waals surface area contributed by atoms with Gasteiger partial charge in [0.2, 0.25) is 0 Å². The summed E-state index contributed by atoms with van der Waals surface area (Å²) in [7, 11) is 0. The molecule has 2 aromatic carbocycles. The van der Waals surface area contributed by atoms with E-state index < -0.39 is 23.8 Å². The van der Waals surface area contributed by atoms with Gasteiger partial charge in [0.05, 0.1) is 5.69 Å². The van der Waals surface area contributed by atoms with Gasteiger partial charge < -0.3 is 15.2 Å². The molecule has 0 aliphatic rings. The number of benzene rings is 2. The molecule has 0 radical (unpaired) electrons. The fraction of sp³-hybridized carbons (Fsp3) is 0.125. The molecule has 0 heterocycles. The summed E-state index contributed by atoms with van der Waals surface area (Å²) >= 11 is 5.74. The van der Waals surface area contributed by atoms with Crippen molar-refractivity contribution >= 4 is 29.2 Å². The van der Waals surface area contributed by atoms with Gasteiger partial charge in [-0.2, -0.15) is 0 Å². The summed E-state index contributed by atoms with van der Waals surface area (Å²) in [6, 6.07) is 9.47. The predicted octanol–water partition coefficient (Wildman–Crippen LogP) is 3.37. The largest absolute Gasteiger partial charge is 0.507 e. The van der Waals surface area contributed by atoms with Crippen molar-refractivity contribution in [3.63, 3.8) is 0 Å². The molecular weight excluding hydrogens is 325 g/mol. The molecule has 0 saturated heterocycles. The summed E-state index contributed by atoms with van der Waals surface area (Å²) in [4.78, 5) is 23.9. The molecule has 2 N–H and O–H groups in total. The van der Waals surface area contributed by atoms with Gasteiger partial charge in [-0.25, -0.2) is 9.18 Å². The molecule has 0 saturated carbocycles. The number of ether oxygens (including phenoxy) is 1. The molecule has 2 rings (SSSR count). The summed E-state index contributed by atoms with van der Waals surface area (Å²) < 4.78 is 18.4. The van der Waals surface area contributed by atoms with Crippen molar-refractivity contribution in [2.45, 2.75) is 13.0 Å². The monoisotopic (exact) mass is 337 g/mol. The summed E-state index contributed by atoms with van der Waals surface area (Å²) in [5.74, 6) is -2.54. The smallest absolute Gasteiger partial charge is 0.342 e. The van der Waals surface area contributed by atoms with E-state index >= 15 is 0 Å². The SMILES string of the molecule is C[C@@H](OC(=O)c1cc(Cl)ccc1O)C(=O)Nc1ccccc1F. The van der Waals surface area contributed by atoms with Crippen LogP contribution in [0.5, 0.6) is 5.75 Å². The van der Waals surface area contributed by atoms with Crippen LogP contribution in [-0.4, -0.2) is 23.1 Å². The third-order valence-corrected chi connectivity index (χ3v) is 3.20. The van der Waals surface area contributed by atoms with Crippen LogP contribution in [0.2, 0.25) is 5.02 Å². The maximum atomic E-state index is 13.5. The topological polar surface area (TPSA) is 75.6 Å². The Labute approximate surface area is 136 Å². The number of carbonyl (C=O) groups is 2. The van der Waals surface area contributed by atoms with E-state index in [4.69, 9.17) is 16.3 Å². The zero-order valence-electron chi connectivity index (χ0n) is 12.0. The van der Waals surface area contributed by atoms with Gasteiger partial charge in [0.25, 0.3) is 5.91 Å². The van der Waals surface area contributed by atoms with Crippen LogP contribution < -0.4 is 5.32 Å². The molecule has 1 atom stereocenters. The Hall–Kier alpha value is -2.60. The Bertz CT molecular complexity index is 751. The quantitative estimate of drug-likeness (QED) is 0.839. The van der Waals surface area contributed by atoms with E-state index in [9.17, 15) is 19.1 Å². The second-order valence-corrected chi connectivity index (χ2v) is 5.11. The van der Waals surface area contributed by atoms with Gasteiger partial charge in [-0.3, -0.25) is 4.79 Å². The van der Waals surface area contributed by atoms with E-state index in [-0.39, 0.29) is 22.0 Å². The minimum atomic E-state index is -1.19. The number of aromatic hydroxyl groups is 1. The van der Waals surface area contributed by atoms with Crippen LogP contribution in [0.1, 0.15) is 17.3 Å². The van der Waals surface area contributed by atoms with E-state index in [1.165, 1.54) is 43.3 Å². The molecule has 0 fully saturated rings. The highest BCUT2D eigenvalue weighted by Crippen LogP contribution is 2.23. The number of hydrogen-bond acceptors (Lipinski definition) is 4. The van der Waals surface area contributed by atoms with Gasteiger partial charge in [0.1, 0.15) is 17.1 Å². The number of para-hydroxylation sites is 1. The van der Waals surface area contributed by atoms with Gasteiger partial charge >= 0.3 is 5.97 Å². The van der Waals surface area contributed by atoms with Gasteiger partial charge in [-0.05, 0) is 37.3 Å². The van der Waals surface area contributed by atoms with E-state index in [0.29, 0.717) is 0 Å². The van der Waals surface area contributed by atoms with Crippen LogP contribution in [0, 0.1) is 5.82 Å². The lowest BCUT2D eigenvalue weighted by atomic mass is 10.2. The molecule has 0 aliphatic heterocycles. The molecule has 0 aliphatic carbocycles. The second-order valence-electron chi connectivity index (χ2n) is 4.68. The van der Waals surface area contributed by atoms with E-state index in [1.54, 1.807) is 6.07 Å². The average Bonchev–Trinajstić information content (AvgIpc) is 2.51. The molecule has 5 nitrogen and oxygen atoms in total. The first-order chi connectivity index (χ1) is 10.9. The lowest BCUT2D eigenvalue weighted by molar-refractivity contribution is -0.123. The zero-order chi connectivity index (χ0) is 17.0. The van der Waals surface area contributed by atoms with Crippen LogP contribution in [0.15, 0.2) is 42.5 Å². The maximum Gasteiger partial charge on any atom is 0.342 e. The highest BCUT2D eigenvalue weighted by Gasteiger charge is 2.22. The fourth-order valence-electron chi connectivity index (χ4n) is 1.75. The van der Waals surface area contributed by atoms with Gasteiger partial charge in [-0.15, -0.1) is 0 Å². The highest BCUT2D eigenvalue weighted by atomic mass is 35.5. The summed E-state index contributed by atoms with van der Waals surface area (Å²) in [5, 5.41) is 12.2. The second kappa shape index (κ2) is 7.11. The summed E-state index contributed by atoms with van der Waals surface area (Å²) in [6.07, 6.45) is -1.19. The first-order valence-corrected chi connectivity index (χ1v) is 7.01. The molecule has 23 heavy (non-hydrogen) atoms. The van der Waals surface area contributed by atoms with Crippen LogP contribution >= 0.6 is 11.6 Å². The first-order valence-electron chi connectivity index (χ1n) is 6.63. The van der Waals surface area contributed by atoms with E-state index in [2.05, 4.69) is 5.32 Å². The minimum absolute atomic E-state index is 0.0222. The predicted molar refractivity (Wildman–Crippen MR) is 83.0 cm³/mol. The molecule has 120 valence electrons. The van der Waals surface area contributed by atoms with E-state index in [1.807, 2.05) is 0 Å². The van der Waals surface area contributed by atoms with Gasteiger partial charge in [0.15, 0.2) is 6.10 Å². The molecule has 0 unspecified atom stereocenters. The molecule has 7 heteroatoms. The normalized spacial score (nSPS) is 11.6. The third kappa shape index (κ3) is 4.20. The molecular formula is C16H13ClFNO4. The number of amides is 1. The summed E-state index contributed by atoms with van der Waals surface area (Å²) in [5.41, 5.74) is -0.186. The van der Waals surface area contributed by atoms with Crippen LogP contribution in [0.25, 0.3) is 0 Å². The highest BCUT2D eigenvalue weighted by molar-refractivity contribution is 6.31. The standard InChI is InChI=1S/C16H13ClFNO4/c1-9(15(21)19-13-5-3-2-4-12(13)18)23-16(22)11-8-10(17)6-7-14(11)20/h2-9,20H,1H3,(H,19,21)/t9-/m1/s1.